The molecule has 1 saturated carbocycles. The first-order chi connectivity index (χ1) is 10.8. The lowest BCUT2D eigenvalue weighted by atomic mass is 9.96. The zero-order valence-corrected chi connectivity index (χ0v) is 13.3. The average molecular weight is 306 g/mol. The third-order valence-corrected chi connectivity index (χ3v) is 3.83. The highest BCUT2D eigenvalue weighted by Gasteiger charge is 2.15. The molecule has 0 heterocycles. The molecule has 2 amide bonds. The second-order valence-electron chi connectivity index (χ2n) is 5.68. The molecule has 0 aromatic heterocycles. The van der Waals surface area contributed by atoms with E-state index in [1.807, 2.05) is 24.3 Å². The molecule has 1 aromatic carbocycles. The number of hydrogen-bond donors (Lipinski definition) is 2. The number of benzene rings is 1. The largest absolute Gasteiger partial charge is 0.382 e. The Balaban J connectivity index is 1.77. The van der Waals surface area contributed by atoms with Crippen molar-refractivity contribution < 1.29 is 14.3 Å². The quantitative estimate of drug-likeness (QED) is 0.760. The molecular formula is C17H26N2O3. The van der Waals surface area contributed by atoms with Gasteiger partial charge < -0.3 is 20.1 Å². The van der Waals surface area contributed by atoms with E-state index in [2.05, 4.69) is 10.6 Å². The Hall–Kier alpha value is -1.59. The van der Waals surface area contributed by atoms with Crippen LogP contribution < -0.4 is 10.6 Å². The smallest absolute Gasteiger partial charge is 0.319 e. The average Bonchev–Trinajstić information content (AvgIpc) is 2.53. The van der Waals surface area contributed by atoms with E-state index < -0.39 is 0 Å². The van der Waals surface area contributed by atoms with Crippen molar-refractivity contribution >= 4 is 11.7 Å². The van der Waals surface area contributed by atoms with Gasteiger partial charge in [0.15, 0.2) is 0 Å². The van der Waals surface area contributed by atoms with Crippen LogP contribution in [0.25, 0.3) is 0 Å². The van der Waals surface area contributed by atoms with E-state index >= 15 is 0 Å². The molecule has 22 heavy (non-hydrogen) atoms. The number of urea groups is 1. The van der Waals surface area contributed by atoms with Crippen molar-refractivity contribution in [2.24, 2.45) is 0 Å². The number of anilines is 1. The zero-order chi connectivity index (χ0) is 15.6. The van der Waals surface area contributed by atoms with Crippen LogP contribution in [0.3, 0.4) is 0 Å². The maximum absolute atomic E-state index is 12.0. The van der Waals surface area contributed by atoms with Crippen molar-refractivity contribution in [2.75, 3.05) is 25.6 Å². The van der Waals surface area contributed by atoms with Crippen LogP contribution in [0.2, 0.25) is 0 Å². The maximum Gasteiger partial charge on any atom is 0.319 e. The van der Waals surface area contributed by atoms with Crippen molar-refractivity contribution in [3.8, 4) is 0 Å². The highest BCUT2D eigenvalue weighted by Crippen LogP contribution is 2.18. The van der Waals surface area contributed by atoms with Crippen molar-refractivity contribution in [1.29, 1.82) is 0 Å². The van der Waals surface area contributed by atoms with Gasteiger partial charge in [0.05, 0.1) is 19.8 Å². The first-order valence-electron chi connectivity index (χ1n) is 8.01. The topological polar surface area (TPSA) is 59.6 Å². The third kappa shape index (κ3) is 6.03. The van der Waals surface area contributed by atoms with Gasteiger partial charge in [-0.1, -0.05) is 31.4 Å². The molecule has 0 bridgehead atoms. The first-order valence-corrected chi connectivity index (χ1v) is 8.01. The minimum atomic E-state index is -0.121. The Morgan fingerprint density at radius 3 is 2.82 bits per heavy atom. The van der Waals surface area contributed by atoms with Crippen LogP contribution in [0, 0.1) is 0 Å². The monoisotopic (exact) mass is 306 g/mol. The molecule has 5 nitrogen and oxygen atoms in total. The summed E-state index contributed by atoms with van der Waals surface area (Å²) < 4.78 is 10.4. The van der Waals surface area contributed by atoms with Gasteiger partial charge in [-0.05, 0) is 30.5 Å². The van der Waals surface area contributed by atoms with E-state index in [4.69, 9.17) is 9.47 Å². The maximum atomic E-state index is 12.0. The molecule has 1 fully saturated rings. The fraction of sp³-hybridized carbons (Fsp3) is 0.588. The van der Waals surface area contributed by atoms with Gasteiger partial charge in [-0.15, -0.1) is 0 Å². The Kier molecular flexibility index (Phi) is 7.19. The second-order valence-corrected chi connectivity index (χ2v) is 5.68. The summed E-state index contributed by atoms with van der Waals surface area (Å²) in [4.78, 5) is 12.0. The molecule has 122 valence electrons. The number of carbonyl (C=O) groups excluding carboxylic acids is 1. The molecule has 0 aliphatic heterocycles. The van der Waals surface area contributed by atoms with Crippen LogP contribution in [-0.4, -0.2) is 32.4 Å². The van der Waals surface area contributed by atoms with Crippen LogP contribution in [0.5, 0.6) is 0 Å². The molecule has 5 heteroatoms. The molecule has 1 aliphatic rings. The number of amides is 2. The van der Waals surface area contributed by atoms with Crippen LogP contribution >= 0.6 is 0 Å². The van der Waals surface area contributed by atoms with Gasteiger partial charge in [-0.25, -0.2) is 4.79 Å². The fourth-order valence-electron chi connectivity index (χ4n) is 2.67. The van der Waals surface area contributed by atoms with Crippen molar-refractivity contribution in [1.82, 2.24) is 5.32 Å². The number of carbonyl (C=O) groups is 1. The number of nitrogens with one attached hydrogen (secondary N) is 2. The molecule has 2 N–H and O–H groups in total. The first kappa shape index (κ1) is 16.8. The van der Waals surface area contributed by atoms with Gasteiger partial charge in [-0.2, -0.15) is 0 Å². The lowest BCUT2D eigenvalue weighted by Crippen LogP contribution is -2.39. The van der Waals surface area contributed by atoms with Crippen LogP contribution in [0.1, 0.15) is 37.7 Å². The molecule has 0 unspecified atom stereocenters. The van der Waals surface area contributed by atoms with Crippen molar-refractivity contribution in [2.45, 2.75) is 44.8 Å². The molecule has 2 rings (SSSR count). The van der Waals surface area contributed by atoms with Crippen LogP contribution in [0.4, 0.5) is 10.5 Å². The van der Waals surface area contributed by atoms with Crippen LogP contribution in [0.15, 0.2) is 24.3 Å². The summed E-state index contributed by atoms with van der Waals surface area (Å²) in [6, 6.07) is 7.92. The number of hydrogen-bond acceptors (Lipinski definition) is 3. The standard InChI is InChI=1S/C17H26N2O3/c1-21-10-11-22-13-14-6-5-9-16(12-14)19-17(20)18-15-7-3-2-4-8-15/h5-6,9,12,15H,2-4,7-8,10-11,13H2,1H3,(H2,18,19,20). The normalized spacial score (nSPS) is 15.5. The van der Waals surface area contributed by atoms with Gasteiger partial charge in [0, 0.05) is 18.8 Å². The van der Waals surface area contributed by atoms with Gasteiger partial charge in [0.1, 0.15) is 0 Å². The molecule has 0 radical (unpaired) electrons. The fourth-order valence-corrected chi connectivity index (χ4v) is 2.67. The van der Waals surface area contributed by atoms with E-state index in [-0.39, 0.29) is 6.03 Å². The molecule has 0 saturated heterocycles. The summed E-state index contributed by atoms with van der Waals surface area (Å²) in [5, 5.41) is 5.95. The summed E-state index contributed by atoms with van der Waals surface area (Å²) >= 11 is 0. The SMILES string of the molecule is COCCOCc1cccc(NC(=O)NC2CCCCC2)c1. The molecule has 0 atom stereocenters. The Labute approximate surface area is 132 Å². The number of methoxy groups -OCH3 is 1. The van der Waals surface area contributed by atoms with E-state index in [0.717, 1.165) is 24.1 Å². The van der Waals surface area contributed by atoms with E-state index in [1.54, 1.807) is 7.11 Å². The molecule has 0 spiro atoms. The van der Waals surface area contributed by atoms with E-state index in [9.17, 15) is 4.79 Å². The zero-order valence-electron chi connectivity index (χ0n) is 13.3. The highest BCUT2D eigenvalue weighted by molar-refractivity contribution is 5.89. The number of rotatable bonds is 7. The Morgan fingerprint density at radius 1 is 1.23 bits per heavy atom. The molecule has 1 aromatic rings. The Bertz CT molecular complexity index is 459. The molecule has 1 aliphatic carbocycles. The molecular weight excluding hydrogens is 280 g/mol. The summed E-state index contributed by atoms with van der Waals surface area (Å²) in [5.41, 5.74) is 1.83. The van der Waals surface area contributed by atoms with E-state index in [1.165, 1.54) is 19.3 Å². The summed E-state index contributed by atoms with van der Waals surface area (Å²) in [6.07, 6.45) is 5.87. The van der Waals surface area contributed by atoms with Gasteiger partial charge in [0.2, 0.25) is 0 Å². The van der Waals surface area contributed by atoms with Crippen molar-refractivity contribution in [3.63, 3.8) is 0 Å². The van der Waals surface area contributed by atoms with Crippen molar-refractivity contribution in [3.05, 3.63) is 29.8 Å². The lowest BCUT2D eigenvalue weighted by Gasteiger charge is -2.22. The minimum absolute atomic E-state index is 0.121. The van der Waals surface area contributed by atoms with Gasteiger partial charge >= 0.3 is 6.03 Å². The predicted octanol–water partition coefficient (Wildman–Crippen LogP) is 3.30. The van der Waals surface area contributed by atoms with Crippen LogP contribution in [-0.2, 0) is 16.1 Å². The minimum Gasteiger partial charge on any atom is -0.382 e. The number of ether oxygens (including phenoxy) is 2. The van der Waals surface area contributed by atoms with E-state index in [0.29, 0.717) is 25.9 Å². The highest BCUT2D eigenvalue weighted by atomic mass is 16.5. The summed E-state index contributed by atoms with van der Waals surface area (Å²) in [6.45, 7) is 1.67. The summed E-state index contributed by atoms with van der Waals surface area (Å²) in [5.74, 6) is 0. The van der Waals surface area contributed by atoms with Gasteiger partial charge in [-0.3, -0.25) is 0 Å². The van der Waals surface area contributed by atoms with Gasteiger partial charge in [0.25, 0.3) is 0 Å². The summed E-state index contributed by atoms with van der Waals surface area (Å²) in [7, 11) is 1.65. The Morgan fingerprint density at radius 2 is 2.05 bits per heavy atom. The predicted molar refractivity (Wildman–Crippen MR) is 87.0 cm³/mol. The lowest BCUT2D eigenvalue weighted by molar-refractivity contribution is 0.0617. The third-order valence-electron chi connectivity index (χ3n) is 3.83. The second kappa shape index (κ2) is 9.43.